The third kappa shape index (κ3) is 4.58. The standard InChI is InChI=1S/C16H25N3O3/c1-11(2)8-13-9-14(18-17-13)16(22)19-7-3-4-12(10-19)5-6-15(20)21/h9,11-12H,3-8,10H2,1-2H3,(H,17,18)(H,20,21)/t12-/m1/s1. The summed E-state index contributed by atoms with van der Waals surface area (Å²) in [6.45, 7) is 5.62. The molecule has 1 atom stereocenters. The van der Waals surface area contributed by atoms with Crippen molar-refractivity contribution in [3.63, 3.8) is 0 Å². The Labute approximate surface area is 130 Å². The Balaban J connectivity index is 1.93. The minimum absolute atomic E-state index is 0.0497. The Hall–Kier alpha value is -1.85. The van der Waals surface area contributed by atoms with E-state index >= 15 is 0 Å². The van der Waals surface area contributed by atoms with Crippen molar-refractivity contribution in [3.05, 3.63) is 17.5 Å². The molecule has 22 heavy (non-hydrogen) atoms. The second-order valence-corrected chi connectivity index (χ2v) is 6.57. The molecule has 2 heterocycles. The Morgan fingerprint density at radius 3 is 2.95 bits per heavy atom. The molecule has 0 saturated carbocycles. The lowest BCUT2D eigenvalue weighted by molar-refractivity contribution is -0.137. The predicted octanol–water partition coefficient (Wildman–Crippen LogP) is 2.33. The second kappa shape index (κ2) is 7.42. The normalized spacial score (nSPS) is 18.7. The molecule has 0 aromatic carbocycles. The summed E-state index contributed by atoms with van der Waals surface area (Å²) < 4.78 is 0. The number of aliphatic carboxylic acids is 1. The van der Waals surface area contributed by atoms with Crippen LogP contribution in [-0.4, -0.2) is 45.2 Å². The summed E-state index contributed by atoms with van der Waals surface area (Å²) in [4.78, 5) is 25.0. The molecule has 0 aliphatic carbocycles. The Morgan fingerprint density at radius 2 is 2.27 bits per heavy atom. The van der Waals surface area contributed by atoms with Gasteiger partial charge in [-0.15, -0.1) is 0 Å². The highest BCUT2D eigenvalue weighted by molar-refractivity contribution is 5.92. The van der Waals surface area contributed by atoms with Gasteiger partial charge in [0.15, 0.2) is 0 Å². The maximum atomic E-state index is 12.5. The van der Waals surface area contributed by atoms with Crippen LogP contribution in [0.3, 0.4) is 0 Å². The highest BCUT2D eigenvalue weighted by atomic mass is 16.4. The van der Waals surface area contributed by atoms with E-state index in [1.165, 1.54) is 0 Å². The number of carboxylic acid groups (broad SMARTS) is 1. The lowest BCUT2D eigenvalue weighted by atomic mass is 9.93. The first-order valence-electron chi connectivity index (χ1n) is 8.01. The fourth-order valence-electron chi connectivity index (χ4n) is 2.99. The number of H-pyrrole nitrogens is 1. The van der Waals surface area contributed by atoms with E-state index in [4.69, 9.17) is 5.11 Å². The minimum atomic E-state index is -0.769. The van der Waals surface area contributed by atoms with Gasteiger partial charge in [-0.3, -0.25) is 14.7 Å². The molecule has 1 fully saturated rings. The monoisotopic (exact) mass is 307 g/mol. The number of nitrogens with one attached hydrogen (secondary N) is 1. The van der Waals surface area contributed by atoms with Crippen molar-refractivity contribution in [2.75, 3.05) is 13.1 Å². The molecule has 6 heteroatoms. The second-order valence-electron chi connectivity index (χ2n) is 6.57. The molecule has 0 spiro atoms. The number of rotatable bonds is 6. The molecule has 0 radical (unpaired) electrons. The number of aromatic nitrogens is 2. The van der Waals surface area contributed by atoms with E-state index in [9.17, 15) is 9.59 Å². The molecule has 1 aliphatic heterocycles. The van der Waals surface area contributed by atoms with E-state index in [0.717, 1.165) is 31.5 Å². The summed E-state index contributed by atoms with van der Waals surface area (Å²) in [6.07, 6.45) is 3.61. The molecule has 1 aliphatic rings. The molecule has 1 saturated heterocycles. The van der Waals surface area contributed by atoms with Gasteiger partial charge in [0.25, 0.3) is 5.91 Å². The Morgan fingerprint density at radius 1 is 1.50 bits per heavy atom. The van der Waals surface area contributed by atoms with Crippen molar-refractivity contribution in [2.24, 2.45) is 11.8 Å². The predicted molar refractivity (Wildman–Crippen MR) is 82.6 cm³/mol. The van der Waals surface area contributed by atoms with Crippen LogP contribution in [0.2, 0.25) is 0 Å². The van der Waals surface area contributed by atoms with Gasteiger partial charge in [-0.1, -0.05) is 13.8 Å². The van der Waals surface area contributed by atoms with E-state index in [2.05, 4.69) is 24.0 Å². The summed E-state index contributed by atoms with van der Waals surface area (Å²) in [7, 11) is 0. The maximum absolute atomic E-state index is 12.5. The molecule has 0 unspecified atom stereocenters. The number of hydrogen-bond donors (Lipinski definition) is 2. The molecule has 1 aromatic heterocycles. The summed E-state index contributed by atoms with van der Waals surface area (Å²) in [5.41, 5.74) is 1.45. The van der Waals surface area contributed by atoms with Crippen molar-refractivity contribution in [3.8, 4) is 0 Å². The van der Waals surface area contributed by atoms with Crippen LogP contribution in [0.25, 0.3) is 0 Å². The molecule has 0 bridgehead atoms. The van der Waals surface area contributed by atoms with E-state index in [-0.39, 0.29) is 18.2 Å². The fourth-order valence-corrected chi connectivity index (χ4v) is 2.99. The van der Waals surface area contributed by atoms with Gasteiger partial charge < -0.3 is 10.0 Å². The number of carboxylic acids is 1. The fraction of sp³-hybridized carbons (Fsp3) is 0.688. The Bertz CT molecular complexity index is 524. The number of aromatic amines is 1. The highest BCUT2D eigenvalue weighted by Crippen LogP contribution is 2.22. The van der Waals surface area contributed by atoms with Gasteiger partial charge in [0.2, 0.25) is 0 Å². The van der Waals surface area contributed by atoms with Crippen molar-refractivity contribution in [1.82, 2.24) is 15.1 Å². The molecule has 1 amide bonds. The first-order valence-corrected chi connectivity index (χ1v) is 8.01. The van der Waals surface area contributed by atoms with Gasteiger partial charge in [-0.2, -0.15) is 5.10 Å². The van der Waals surface area contributed by atoms with E-state index in [1.807, 2.05) is 11.0 Å². The molecule has 2 rings (SSSR count). The first kappa shape index (κ1) is 16.5. The highest BCUT2D eigenvalue weighted by Gasteiger charge is 2.26. The number of carbonyl (C=O) groups is 2. The maximum Gasteiger partial charge on any atom is 0.303 e. The first-order chi connectivity index (χ1) is 10.5. The SMILES string of the molecule is CC(C)Cc1cc(C(=O)N2CCC[C@H](CCC(=O)O)C2)n[nH]1. The summed E-state index contributed by atoms with van der Waals surface area (Å²) >= 11 is 0. The van der Waals surface area contributed by atoms with Crippen molar-refractivity contribution in [2.45, 2.75) is 46.0 Å². The molecule has 6 nitrogen and oxygen atoms in total. The zero-order chi connectivity index (χ0) is 16.1. The number of hydrogen-bond acceptors (Lipinski definition) is 3. The zero-order valence-corrected chi connectivity index (χ0v) is 13.3. The smallest absolute Gasteiger partial charge is 0.303 e. The molecule has 122 valence electrons. The van der Waals surface area contributed by atoms with Gasteiger partial charge in [-0.05, 0) is 43.6 Å². The van der Waals surface area contributed by atoms with Crippen LogP contribution in [0.5, 0.6) is 0 Å². The van der Waals surface area contributed by atoms with Gasteiger partial charge in [-0.25, -0.2) is 0 Å². The average Bonchev–Trinajstić information content (AvgIpc) is 2.92. The number of carbonyl (C=O) groups excluding carboxylic acids is 1. The van der Waals surface area contributed by atoms with Crippen molar-refractivity contribution >= 4 is 11.9 Å². The average molecular weight is 307 g/mol. The third-order valence-electron chi connectivity index (χ3n) is 4.05. The Kier molecular flexibility index (Phi) is 5.57. The van der Waals surface area contributed by atoms with Gasteiger partial charge >= 0.3 is 5.97 Å². The topological polar surface area (TPSA) is 86.3 Å². The third-order valence-corrected chi connectivity index (χ3v) is 4.05. The molecular formula is C16H25N3O3. The molecule has 1 aromatic rings. The van der Waals surface area contributed by atoms with Gasteiger partial charge in [0, 0.05) is 25.2 Å². The van der Waals surface area contributed by atoms with Crippen LogP contribution in [0.15, 0.2) is 6.07 Å². The van der Waals surface area contributed by atoms with Crippen molar-refractivity contribution in [1.29, 1.82) is 0 Å². The van der Waals surface area contributed by atoms with Crippen LogP contribution in [0.1, 0.15) is 55.7 Å². The van der Waals surface area contributed by atoms with Crippen LogP contribution in [0, 0.1) is 11.8 Å². The van der Waals surface area contributed by atoms with E-state index in [0.29, 0.717) is 24.6 Å². The van der Waals surface area contributed by atoms with Crippen LogP contribution >= 0.6 is 0 Å². The van der Waals surface area contributed by atoms with Crippen LogP contribution in [0.4, 0.5) is 0 Å². The van der Waals surface area contributed by atoms with Crippen molar-refractivity contribution < 1.29 is 14.7 Å². The number of likely N-dealkylation sites (tertiary alicyclic amines) is 1. The quantitative estimate of drug-likeness (QED) is 0.844. The van der Waals surface area contributed by atoms with E-state index in [1.54, 1.807) is 0 Å². The van der Waals surface area contributed by atoms with Gasteiger partial charge in [0.05, 0.1) is 0 Å². The van der Waals surface area contributed by atoms with Crippen LogP contribution in [-0.2, 0) is 11.2 Å². The zero-order valence-electron chi connectivity index (χ0n) is 13.3. The van der Waals surface area contributed by atoms with Crippen LogP contribution < -0.4 is 0 Å². The van der Waals surface area contributed by atoms with Gasteiger partial charge in [0.1, 0.15) is 5.69 Å². The largest absolute Gasteiger partial charge is 0.481 e. The lowest BCUT2D eigenvalue weighted by Gasteiger charge is -2.32. The minimum Gasteiger partial charge on any atom is -0.481 e. The number of nitrogens with zero attached hydrogens (tertiary/aromatic N) is 2. The number of piperidine rings is 1. The lowest BCUT2D eigenvalue weighted by Crippen LogP contribution is -2.40. The molecular weight excluding hydrogens is 282 g/mol. The number of amides is 1. The summed E-state index contributed by atoms with van der Waals surface area (Å²) in [5.74, 6) is -0.0259. The van der Waals surface area contributed by atoms with E-state index < -0.39 is 5.97 Å². The molecule has 2 N–H and O–H groups in total. The summed E-state index contributed by atoms with van der Waals surface area (Å²) in [6, 6.07) is 1.84. The summed E-state index contributed by atoms with van der Waals surface area (Å²) in [5, 5.41) is 15.8.